The third-order valence-electron chi connectivity index (χ3n) is 3.29. The van der Waals surface area contributed by atoms with E-state index in [1.807, 2.05) is 22.9 Å². The van der Waals surface area contributed by atoms with Crippen LogP contribution in [0.2, 0.25) is 0 Å². The van der Waals surface area contributed by atoms with Gasteiger partial charge in [-0.2, -0.15) is 5.26 Å². The van der Waals surface area contributed by atoms with Crippen molar-refractivity contribution < 1.29 is 4.74 Å². The molecule has 3 aromatic rings. The van der Waals surface area contributed by atoms with Gasteiger partial charge in [0, 0.05) is 18.8 Å². The molecule has 0 amide bonds. The Hall–Kier alpha value is -2.46. The first kappa shape index (κ1) is 16.4. The van der Waals surface area contributed by atoms with Crippen LogP contribution in [0.5, 0.6) is 11.6 Å². The largest absolute Gasteiger partial charge is 0.438 e. The summed E-state index contributed by atoms with van der Waals surface area (Å²) in [4.78, 5) is 4.11. The summed E-state index contributed by atoms with van der Waals surface area (Å²) in [5, 5.41) is 17.3. The van der Waals surface area contributed by atoms with Crippen molar-refractivity contribution in [3.63, 3.8) is 0 Å². The van der Waals surface area contributed by atoms with Gasteiger partial charge in [-0.3, -0.25) is 0 Å². The van der Waals surface area contributed by atoms with Gasteiger partial charge in [0.2, 0.25) is 5.88 Å². The molecule has 3 rings (SSSR count). The number of hydrogen-bond donors (Lipinski definition) is 0. The lowest BCUT2D eigenvalue weighted by Crippen LogP contribution is -2.16. The second kappa shape index (κ2) is 6.21. The Morgan fingerprint density at radius 3 is 2.67 bits per heavy atom. The number of ether oxygens (including phenoxy) is 1. The van der Waals surface area contributed by atoms with Crippen LogP contribution in [-0.2, 0) is 6.54 Å². The normalized spacial score (nSPS) is 11.5. The Kier molecular flexibility index (Phi) is 4.24. The Labute approximate surface area is 148 Å². The summed E-state index contributed by atoms with van der Waals surface area (Å²) < 4.78 is 8.40. The molecule has 0 radical (unpaired) electrons. The maximum absolute atomic E-state index is 8.81. The first-order chi connectivity index (χ1) is 11.4. The molecule has 0 bridgehead atoms. The molecule has 0 N–H and O–H groups in total. The van der Waals surface area contributed by atoms with Gasteiger partial charge < -0.3 is 4.74 Å². The number of hydrogen-bond acceptors (Lipinski definition) is 5. The van der Waals surface area contributed by atoms with E-state index in [0.717, 1.165) is 22.1 Å². The summed E-state index contributed by atoms with van der Waals surface area (Å²) in [7, 11) is 0. The summed E-state index contributed by atoms with van der Waals surface area (Å²) in [5.74, 6) is 1.01. The molecule has 0 atom stereocenters. The lowest BCUT2D eigenvalue weighted by molar-refractivity contribution is 0.327. The Bertz CT molecular complexity index is 919. The number of halogens is 1. The van der Waals surface area contributed by atoms with Gasteiger partial charge in [-0.05, 0) is 39.5 Å². The van der Waals surface area contributed by atoms with E-state index in [4.69, 9.17) is 10.00 Å². The minimum absolute atomic E-state index is 0.106. The van der Waals surface area contributed by atoms with Crippen molar-refractivity contribution in [2.24, 2.45) is 5.41 Å². The van der Waals surface area contributed by atoms with E-state index in [-0.39, 0.29) is 5.41 Å². The standard InChI is InChI=1S/C17H16BrN5O/c1-17(2,3)10-23-12-5-6-13(15(18)16(12)21-22-23)24-14-7-4-11(8-19)9-20-14/h4-7,9H,10H2,1-3H3. The van der Waals surface area contributed by atoms with Crippen molar-refractivity contribution in [2.75, 3.05) is 0 Å². The van der Waals surface area contributed by atoms with Crippen LogP contribution in [0, 0.1) is 16.7 Å². The monoisotopic (exact) mass is 385 g/mol. The quantitative estimate of drug-likeness (QED) is 0.671. The minimum Gasteiger partial charge on any atom is -0.438 e. The average Bonchev–Trinajstić information content (AvgIpc) is 2.92. The van der Waals surface area contributed by atoms with Crippen LogP contribution in [0.1, 0.15) is 26.3 Å². The molecule has 2 aromatic heterocycles. The van der Waals surface area contributed by atoms with E-state index in [1.165, 1.54) is 6.20 Å². The van der Waals surface area contributed by atoms with Crippen molar-refractivity contribution in [3.05, 3.63) is 40.5 Å². The van der Waals surface area contributed by atoms with Crippen LogP contribution in [0.15, 0.2) is 34.9 Å². The number of nitriles is 1. The first-order valence-corrected chi connectivity index (χ1v) is 8.22. The zero-order valence-electron chi connectivity index (χ0n) is 13.6. The number of nitrogens with zero attached hydrogens (tertiary/aromatic N) is 5. The highest BCUT2D eigenvalue weighted by Crippen LogP contribution is 2.34. The zero-order chi connectivity index (χ0) is 17.3. The van der Waals surface area contributed by atoms with Crippen molar-refractivity contribution >= 4 is 27.0 Å². The van der Waals surface area contributed by atoms with Gasteiger partial charge in [-0.15, -0.1) is 5.10 Å². The van der Waals surface area contributed by atoms with Gasteiger partial charge >= 0.3 is 0 Å². The fraction of sp³-hybridized carbons (Fsp3) is 0.294. The van der Waals surface area contributed by atoms with Crippen LogP contribution in [0.25, 0.3) is 11.0 Å². The molecule has 0 unspecified atom stereocenters. The smallest absolute Gasteiger partial charge is 0.219 e. The Balaban J connectivity index is 1.93. The van der Waals surface area contributed by atoms with E-state index in [2.05, 4.69) is 52.0 Å². The van der Waals surface area contributed by atoms with Crippen LogP contribution >= 0.6 is 15.9 Å². The lowest BCUT2D eigenvalue weighted by Gasteiger charge is -2.17. The predicted octanol–water partition coefficient (Wildman–Crippen LogP) is 4.30. The number of fused-ring (bicyclic) bond motifs is 1. The SMILES string of the molecule is CC(C)(C)Cn1nnc2c(Br)c(Oc3ccc(C#N)cn3)ccc21. The molecule has 0 aliphatic carbocycles. The van der Waals surface area contributed by atoms with E-state index in [0.29, 0.717) is 17.2 Å². The highest BCUT2D eigenvalue weighted by atomic mass is 79.9. The van der Waals surface area contributed by atoms with Crippen molar-refractivity contribution in [2.45, 2.75) is 27.3 Å². The van der Waals surface area contributed by atoms with Gasteiger partial charge in [0.25, 0.3) is 0 Å². The Morgan fingerprint density at radius 2 is 2.04 bits per heavy atom. The van der Waals surface area contributed by atoms with Crippen molar-refractivity contribution in [3.8, 4) is 17.7 Å². The molecule has 0 fully saturated rings. The number of aromatic nitrogens is 4. The lowest BCUT2D eigenvalue weighted by atomic mass is 9.97. The first-order valence-electron chi connectivity index (χ1n) is 7.43. The maximum atomic E-state index is 8.81. The molecule has 24 heavy (non-hydrogen) atoms. The molecule has 0 saturated carbocycles. The second-order valence-corrected chi connectivity index (χ2v) is 7.45. The van der Waals surface area contributed by atoms with Gasteiger partial charge in [0.1, 0.15) is 17.3 Å². The summed E-state index contributed by atoms with van der Waals surface area (Å²) in [5.41, 5.74) is 2.28. The fourth-order valence-corrected chi connectivity index (χ4v) is 2.75. The molecule has 122 valence electrons. The van der Waals surface area contributed by atoms with E-state index < -0.39 is 0 Å². The second-order valence-electron chi connectivity index (χ2n) is 6.65. The summed E-state index contributed by atoms with van der Waals surface area (Å²) in [6.07, 6.45) is 1.47. The van der Waals surface area contributed by atoms with Crippen LogP contribution in [-0.4, -0.2) is 20.0 Å². The molecule has 0 aliphatic heterocycles. The number of benzene rings is 1. The maximum Gasteiger partial charge on any atom is 0.219 e. The summed E-state index contributed by atoms with van der Waals surface area (Å²) in [6.45, 7) is 7.24. The molecule has 1 aromatic carbocycles. The molecule has 7 heteroatoms. The Morgan fingerprint density at radius 1 is 1.25 bits per heavy atom. The minimum atomic E-state index is 0.106. The molecule has 0 spiro atoms. The number of rotatable bonds is 3. The van der Waals surface area contributed by atoms with E-state index in [1.54, 1.807) is 12.1 Å². The van der Waals surface area contributed by atoms with E-state index >= 15 is 0 Å². The summed E-state index contributed by atoms with van der Waals surface area (Å²) >= 11 is 3.54. The third-order valence-corrected chi connectivity index (χ3v) is 4.06. The van der Waals surface area contributed by atoms with Crippen molar-refractivity contribution in [1.82, 2.24) is 20.0 Å². The highest BCUT2D eigenvalue weighted by Gasteiger charge is 2.17. The molecule has 0 saturated heterocycles. The molecular weight excluding hydrogens is 370 g/mol. The number of pyridine rings is 1. The third kappa shape index (κ3) is 3.39. The van der Waals surface area contributed by atoms with Gasteiger partial charge in [0.15, 0.2) is 0 Å². The van der Waals surface area contributed by atoms with Crippen molar-refractivity contribution in [1.29, 1.82) is 5.26 Å². The van der Waals surface area contributed by atoms with Gasteiger partial charge in [-0.25, -0.2) is 9.67 Å². The van der Waals surface area contributed by atoms with Crippen LogP contribution < -0.4 is 4.74 Å². The van der Waals surface area contributed by atoms with Gasteiger partial charge in [0.05, 0.1) is 15.6 Å². The van der Waals surface area contributed by atoms with Gasteiger partial charge in [-0.1, -0.05) is 26.0 Å². The molecule has 6 nitrogen and oxygen atoms in total. The van der Waals surface area contributed by atoms with E-state index in [9.17, 15) is 0 Å². The topological polar surface area (TPSA) is 76.6 Å². The molecule has 0 aliphatic rings. The average molecular weight is 386 g/mol. The zero-order valence-corrected chi connectivity index (χ0v) is 15.2. The molecular formula is C17H16BrN5O. The van der Waals surface area contributed by atoms with Crippen LogP contribution in [0.4, 0.5) is 0 Å². The predicted molar refractivity (Wildman–Crippen MR) is 93.7 cm³/mol. The highest BCUT2D eigenvalue weighted by molar-refractivity contribution is 9.10. The molecule has 2 heterocycles. The fourth-order valence-electron chi connectivity index (χ4n) is 2.25. The van der Waals surface area contributed by atoms with Crippen LogP contribution in [0.3, 0.4) is 0 Å². The summed E-state index contributed by atoms with van der Waals surface area (Å²) in [6, 6.07) is 9.14.